The van der Waals surface area contributed by atoms with Crippen molar-refractivity contribution in [2.45, 2.75) is 13.0 Å². The predicted molar refractivity (Wildman–Crippen MR) is 91.8 cm³/mol. The molecule has 0 saturated carbocycles. The summed E-state index contributed by atoms with van der Waals surface area (Å²) in [6, 6.07) is 16.6. The van der Waals surface area contributed by atoms with Crippen molar-refractivity contribution in [3.8, 4) is 22.5 Å². The average molecular weight is 322 g/mol. The third-order valence-electron chi connectivity index (χ3n) is 3.85. The van der Waals surface area contributed by atoms with Gasteiger partial charge in [-0.3, -0.25) is 0 Å². The van der Waals surface area contributed by atoms with Crippen molar-refractivity contribution in [3.63, 3.8) is 0 Å². The Bertz CT molecular complexity index is 841. The van der Waals surface area contributed by atoms with Gasteiger partial charge >= 0.3 is 5.97 Å². The highest BCUT2D eigenvalue weighted by Crippen LogP contribution is 2.33. The molecular weight excluding hydrogens is 304 g/mol. The standard InChI is InChI=1S/C19H18N2O3/c22-12-6-11-21-13-20-17(14-7-2-1-3-8-14)18(21)15-9-4-5-10-16(15)19(23)24/h1-5,7-10,13,22H,6,11-12H2,(H,23,24). The largest absolute Gasteiger partial charge is 0.478 e. The first-order chi connectivity index (χ1) is 11.7. The number of carboxylic acids is 1. The molecule has 0 aliphatic heterocycles. The van der Waals surface area contributed by atoms with E-state index in [-0.39, 0.29) is 12.2 Å². The monoisotopic (exact) mass is 322 g/mol. The molecule has 0 fully saturated rings. The Morgan fingerprint density at radius 1 is 1.04 bits per heavy atom. The van der Waals surface area contributed by atoms with Gasteiger partial charge in [0.2, 0.25) is 0 Å². The van der Waals surface area contributed by atoms with Crippen LogP contribution in [0.5, 0.6) is 0 Å². The number of imidazole rings is 1. The van der Waals surface area contributed by atoms with Crippen LogP contribution in [0, 0.1) is 0 Å². The lowest BCUT2D eigenvalue weighted by atomic mass is 10.00. The molecule has 2 aromatic carbocycles. The Kier molecular flexibility index (Phi) is 4.72. The van der Waals surface area contributed by atoms with Gasteiger partial charge < -0.3 is 14.8 Å². The van der Waals surface area contributed by atoms with Crippen LogP contribution in [0.2, 0.25) is 0 Å². The summed E-state index contributed by atoms with van der Waals surface area (Å²) >= 11 is 0. The minimum atomic E-state index is -0.973. The van der Waals surface area contributed by atoms with E-state index in [1.165, 1.54) is 0 Å². The highest BCUT2D eigenvalue weighted by Gasteiger charge is 2.19. The van der Waals surface area contributed by atoms with Crippen molar-refractivity contribution >= 4 is 5.97 Å². The number of hydrogen-bond donors (Lipinski definition) is 2. The van der Waals surface area contributed by atoms with Gasteiger partial charge in [0.1, 0.15) is 0 Å². The molecule has 0 unspecified atom stereocenters. The Balaban J connectivity index is 2.21. The van der Waals surface area contributed by atoms with Crippen LogP contribution in [-0.4, -0.2) is 32.3 Å². The highest BCUT2D eigenvalue weighted by atomic mass is 16.4. The maximum absolute atomic E-state index is 11.6. The van der Waals surface area contributed by atoms with Crippen LogP contribution < -0.4 is 0 Å². The van der Waals surface area contributed by atoms with E-state index in [0.29, 0.717) is 18.5 Å². The Hall–Kier alpha value is -2.92. The van der Waals surface area contributed by atoms with E-state index in [0.717, 1.165) is 17.0 Å². The van der Waals surface area contributed by atoms with Crippen LogP contribution in [-0.2, 0) is 6.54 Å². The number of carboxylic acid groups (broad SMARTS) is 1. The number of aliphatic hydroxyl groups is 1. The summed E-state index contributed by atoms with van der Waals surface area (Å²) in [5.74, 6) is -0.973. The Morgan fingerprint density at radius 2 is 1.75 bits per heavy atom. The maximum Gasteiger partial charge on any atom is 0.336 e. The molecule has 5 nitrogen and oxygen atoms in total. The molecule has 5 heteroatoms. The summed E-state index contributed by atoms with van der Waals surface area (Å²) in [6.45, 7) is 0.637. The molecule has 2 N–H and O–H groups in total. The Labute approximate surface area is 139 Å². The zero-order valence-corrected chi connectivity index (χ0v) is 13.1. The number of carbonyl (C=O) groups is 1. The quantitative estimate of drug-likeness (QED) is 0.730. The van der Waals surface area contributed by atoms with Gasteiger partial charge in [-0.25, -0.2) is 9.78 Å². The maximum atomic E-state index is 11.6. The van der Waals surface area contributed by atoms with E-state index < -0.39 is 5.97 Å². The van der Waals surface area contributed by atoms with E-state index in [2.05, 4.69) is 4.98 Å². The molecule has 0 bridgehead atoms. The third kappa shape index (κ3) is 3.07. The minimum absolute atomic E-state index is 0.0683. The van der Waals surface area contributed by atoms with Crippen LogP contribution in [0.1, 0.15) is 16.8 Å². The number of aromatic carboxylic acids is 1. The Morgan fingerprint density at radius 3 is 2.46 bits per heavy atom. The number of aliphatic hydroxyl groups excluding tert-OH is 1. The number of aromatic nitrogens is 2. The smallest absolute Gasteiger partial charge is 0.336 e. The first-order valence-electron chi connectivity index (χ1n) is 7.76. The zero-order chi connectivity index (χ0) is 16.9. The van der Waals surface area contributed by atoms with Gasteiger partial charge in [-0.05, 0) is 12.5 Å². The van der Waals surface area contributed by atoms with E-state index in [9.17, 15) is 9.90 Å². The van der Waals surface area contributed by atoms with Crippen molar-refractivity contribution in [2.75, 3.05) is 6.61 Å². The lowest BCUT2D eigenvalue weighted by Crippen LogP contribution is -2.05. The molecule has 3 aromatic rings. The lowest BCUT2D eigenvalue weighted by molar-refractivity contribution is 0.0697. The second-order valence-corrected chi connectivity index (χ2v) is 5.43. The predicted octanol–water partition coefficient (Wildman–Crippen LogP) is 3.30. The van der Waals surface area contributed by atoms with Gasteiger partial charge in [0.15, 0.2) is 0 Å². The average Bonchev–Trinajstić information content (AvgIpc) is 3.04. The number of hydrogen-bond acceptors (Lipinski definition) is 3. The first-order valence-corrected chi connectivity index (χ1v) is 7.76. The van der Waals surface area contributed by atoms with Gasteiger partial charge in [0.25, 0.3) is 0 Å². The number of aryl methyl sites for hydroxylation is 1. The van der Waals surface area contributed by atoms with E-state index >= 15 is 0 Å². The molecule has 24 heavy (non-hydrogen) atoms. The minimum Gasteiger partial charge on any atom is -0.478 e. The fourth-order valence-electron chi connectivity index (χ4n) is 2.76. The van der Waals surface area contributed by atoms with Gasteiger partial charge in [0, 0.05) is 24.3 Å². The molecule has 0 spiro atoms. The van der Waals surface area contributed by atoms with Crippen LogP contribution in [0.4, 0.5) is 0 Å². The van der Waals surface area contributed by atoms with Crippen molar-refractivity contribution in [3.05, 3.63) is 66.5 Å². The first kappa shape index (κ1) is 16.0. The number of benzene rings is 2. The lowest BCUT2D eigenvalue weighted by Gasteiger charge is -2.12. The summed E-state index contributed by atoms with van der Waals surface area (Å²) in [5, 5.41) is 18.7. The molecule has 1 heterocycles. The molecule has 1 aromatic heterocycles. The zero-order valence-electron chi connectivity index (χ0n) is 13.1. The van der Waals surface area contributed by atoms with Gasteiger partial charge in [-0.1, -0.05) is 48.5 Å². The highest BCUT2D eigenvalue weighted by molar-refractivity contribution is 5.97. The van der Waals surface area contributed by atoms with Crippen molar-refractivity contribution in [2.24, 2.45) is 0 Å². The molecule has 0 radical (unpaired) electrons. The van der Waals surface area contributed by atoms with E-state index in [4.69, 9.17) is 5.11 Å². The molecule has 0 aliphatic rings. The van der Waals surface area contributed by atoms with Crippen LogP contribution in [0.25, 0.3) is 22.5 Å². The molecular formula is C19H18N2O3. The number of rotatable bonds is 6. The fraction of sp³-hybridized carbons (Fsp3) is 0.158. The molecule has 0 atom stereocenters. The molecule has 3 rings (SSSR count). The molecule has 122 valence electrons. The van der Waals surface area contributed by atoms with Gasteiger partial charge in [0.05, 0.1) is 23.3 Å². The third-order valence-corrected chi connectivity index (χ3v) is 3.85. The SMILES string of the molecule is O=C(O)c1ccccc1-c1c(-c2ccccc2)ncn1CCCO. The van der Waals surface area contributed by atoms with Crippen LogP contribution >= 0.6 is 0 Å². The summed E-state index contributed by atoms with van der Waals surface area (Å²) in [5.41, 5.74) is 3.28. The van der Waals surface area contributed by atoms with Crippen LogP contribution in [0.15, 0.2) is 60.9 Å². The normalized spacial score (nSPS) is 10.7. The fourth-order valence-corrected chi connectivity index (χ4v) is 2.76. The van der Waals surface area contributed by atoms with Crippen LogP contribution in [0.3, 0.4) is 0 Å². The molecule has 0 amide bonds. The van der Waals surface area contributed by atoms with Crippen molar-refractivity contribution in [1.29, 1.82) is 0 Å². The van der Waals surface area contributed by atoms with E-state index in [1.807, 2.05) is 41.0 Å². The van der Waals surface area contributed by atoms with Crippen molar-refractivity contribution in [1.82, 2.24) is 9.55 Å². The number of nitrogens with zero attached hydrogens (tertiary/aromatic N) is 2. The van der Waals surface area contributed by atoms with Gasteiger partial charge in [-0.2, -0.15) is 0 Å². The molecule has 0 saturated heterocycles. The summed E-state index contributed by atoms with van der Waals surface area (Å²) in [4.78, 5) is 16.1. The van der Waals surface area contributed by atoms with Gasteiger partial charge in [-0.15, -0.1) is 0 Å². The summed E-state index contributed by atoms with van der Waals surface area (Å²) < 4.78 is 1.90. The topological polar surface area (TPSA) is 75.3 Å². The van der Waals surface area contributed by atoms with E-state index in [1.54, 1.807) is 24.5 Å². The second-order valence-electron chi connectivity index (χ2n) is 5.43. The molecule has 0 aliphatic carbocycles. The summed E-state index contributed by atoms with van der Waals surface area (Å²) in [7, 11) is 0. The second kappa shape index (κ2) is 7.10. The van der Waals surface area contributed by atoms with Crippen molar-refractivity contribution < 1.29 is 15.0 Å². The summed E-state index contributed by atoms with van der Waals surface area (Å²) in [6.07, 6.45) is 2.28.